The number of carbonyl (C=O) groups is 1. The fourth-order valence-corrected chi connectivity index (χ4v) is 7.08. The highest BCUT2D eigenvalue weighted by Gasteiger charge is 2.42. The summed E-state index contributed by atoms with van der Waals surface area (Å²) < 4.78 is 2.19. The van der Waals surface area contributed by atoms with Gasteiger partial charge >= 0.3 is 0 Å². The highest BCUT2D eigenvalue weighted by molar-refractivity contribution is 5.99. The van der Waals surface area contributed by atoms with Gasteiger partial charge in [0.2, 0.25) is 5.95 Å². The van der Waals surface area contributed by atoms with E-state index in [-0.39, 0.29) is 11.4 Å². The number of fused-ring (bicyclic) bond motifs is 4. The van der Waals surface area contributed by atoms with Crippen LogP contribution in [-0.4, -0.2) is 69.1 Å². The molecule has 1 amide bonds. The highest BCUT2D eigenvalue weighted by Crippen LogP contribution is 2.41. The van der Waals surface area contributed by atoms with E-state index in [1.807, 2.05) is 38.4 Å². The van der Waals surface area contributed by atoms with E-state index in [9.17, 15) is 4.79 Å². The monoisotopic (exact) mass is 530 g/mol. The van der Waals surface area contributed by atoms with Gasteiger partial charge in [-0.3, -0.25) is 4.79 Å². The van der Waals surface area contributed by atoms with Crippen LogP contribution in [-0.2, 0) is 5.54 Å². The summed E-state index contributed by atoms with van der Waals surface area (Å²) >= 11 is 0. The molecule has 6 heterocycles. The Labute approximate surface area is 231 Å². The first-order chi connectivity index (χ1) is 19.2. The van der Waals surface area contributed by atoms with E-state index >= 15 is 0 Å². The van der Waals surface area contributed by atoms with Gasteiger partial charge in [0.05, 0.1) is 17.4 Å². The topological polar surface area (TPSA) is 91.2 Å². The molecular formula is C30H42N8O. The average molecular weight is 531 g/mol. The summed E-state index contributed by atoms with van der Waals surface area (Å²) in [6.45, 7) is 9.41. The normalized spacial score (nSPS) is 21.4. The van der Waals surface area contributed by atoms with E-state index in [1.54, 1.807) is 0 Å². The van der Waals surface area contributed by atoms with Gasteiger partial charge < -0.3 is 25.0 Å². The van der Waals surface area contributed by atoms with Crippen LogP contribution in [0.25, 0.3) is 11.0 Å². The molecule has 1 saturated carbocycles. The van der Waals surface area contributed by atoms with Gasteiger partial charge in [0, 0.05) is 37.3 Å². The second-order valence-corrected chi connectivity index (χ2v) is 11.3. The molecule has 0 bridgehead atoms. The maximum Gasteiger partial charge on any atom is 0.268 e. The molecule has 2 N–H and O–H groups in total. The van der Waals surface area contributed by atoms with Crippen molar-refractivity contribution < 1.29 is 4.79 Å². The second-order valence-electron chi connectivity index (χ2n) is 11.3. The van der Waals surface area contributed by atoms with Crippen molar-refractivity contribution in [2.75, 3.05) is 42.9 Å². The van der Waals surface area contributed by atoms with Crippen LogP contribution in [0.5, 0.6) is 0 Å². The maximum absolute atomic E-state index is 12.6. The number of piperidine rings is 2. The predicted molar refractivity (Wildman–Crippen MR) is 156 cm³/mol. The van der Waals surface area contributed by atoms with Crippen molar-refractivity contribution in [3.63, 3.8) is 0 Å². The molecular weight excluding hydrogens is 488 g/mol. The molecule has 0 aromatic carbocycles. The molecule has 4 aliphatic rings. The number of hydrogen-bond donors (Lipinski definition) is 2. The van der Waals surface area contributed by atoms with Crippen LogP contribution in [0.1, 0.15) is 82.1 Å². The number of carbonyl (C=O) groups excluding carboxylic acids is 1. The van der Waals surface area contributed by atoms with Crippen molar-refractivity contribution in [3.05, 3.63) is 36.3 Å². The van der Waals surface area contributed by atoms with E-state index in [0.29, 0.717) is 18.2 Å². The van der Waals surface area contributed by atoms with Crippen molar-refractivity contribution in [1.82, 2.24) is 29.7 Å². The fraction of sp³-hybridized carbons (Fsp3) is 0.600. The van der Waals surface area contributed by atoms with Crippen LogP contribution < -0.4 is 15.5 Å². The van der Waals surface area contributed by atoms with Gasteiger partial charge in [0.1, 0.15) is 17.2 Å². The van der Waals surface area contributed by atoms with E-state index < -0.39 is 0 Å². The van der Waals surface area contributed by atoms with E-state index in [2.05, 4.69) is 41.0 Å². The molecule has 1 aliphatic carbocycles. The quantitative estimate of drug-likeness (QED) is 0.487. The number of anilines is 3. The van der Waals surface area contributed by atoms with Crippen molar-refractivity contribution in [2.45, 2.75) is 83.2 Å². The van der Waals surface area contributed by atoms with Gasteiger partial charge in [-0.1, -0.05) is 33.1 Å². The lowest BCUT2D eigenvalue weighted by molar-refractivity contribution is 0.0876. The average Bonchev–Trinajstić information content (AvgIpc) is 3.63. The minimum absolute atomic E-state index is 0.0257. The summed E-state index contributed by atoms with van der Waals surface area (Å²) in [5.74, 6) is 1.21. The minimum Gasteiger partial charge on any atom is -0.370 e. The number of nitrogens with one attached hydrogen (secondary N) is 2. The van der Waals surface area contributed by atoms with Crippen LogP contribution in [0, 0.1) is 0 Å². The van der Waals surface area contributed by atoms with Crippen LogP contribution in [0.4, 0.5) is 17.5 Å². The van der Waals surface area contributed by atoms with Crippen molar-refractivity contribution in [3.8, 4) is 0 Å². The standard InChI is InChI=1S/C28H36N8O.C2H6/c37-26-23-16-20-17-30-27(33-25(20)36(23)28(19-31-26)10-2-3-11-28)32-24-7-6-22(18-29-24)35-14-8-21(9-15-35)34-12-4-1-5-13-34;1-2/h6-7,16-18,21H,1-5,8-15,19H2,(H,31,37)(H,29,30,32,33);1-2H3. The maximum atomic E-state index is 12.6. The Morgan fingerprint density at radius 1 is 0.949 bits per heavy atom. The Balaban J connectivity index is 0.00000135. The molecule has 2 saturated heterocycles. The van der Waals surface area contributed by atoms with Crippen LogP contribution in [0.3, 0.4) is 0 Å². The van der Waals surface area contributed by atoms with Crippen molar-refractivity contribution in [1.29, 1.82) is 0 Å². The Kier molecular flexibility index (Phi) is 7.42. The number of aromatic nitrogens is 4. The zero-order valence-corrected chi connectivity index (χ0v) is 23.5. The lowest BCUT2D eigenvalue weighted by Gasteiger charge is -2.40. The Morgan fingerprint density at radius 3 is 2.44 bits per heavy atom. The molecule has 208 valence electrons. The molecule has 3 aliphatic heterocycles. The summed E-state index contributed by atoms with van der Waals surface area (Å²) in [5.41, 5.74) is 2.63. The van der Waals surface area contributed by atoms with Crippen molar-refractivity contribution >= 4 is 34.4 Å². The summed E-state index contributed by atoms with van der Waals surface area (Å²) in [7, 11) is 0. The summed E-state index contributed by atoms with van der Waals surface area (Å²) in [6, 6.07) is 6.83. The van der Waals surface area contributed by atoms with Crippen molar-refractivity contribution in [2.24, 2.45) is 0 Å². The molecule has 39 heavy (non-hydrogen) atoms. The Hall–Kier alpha value is -3.20. The molecule has 9 heteroatoms. The van der Waals surface area contributed by atoms with Gasteiger partial charge in [-0.05, 0) is 69.8 Å². The van der Waals surface area contributed by atoms with Gasteiger partial charge in [-0.15, -0.1) is 0 Å². The fourth-order valence-electron chi connectivity index (χ4n) is 7.08. The van der Waals surface area contributed by atoms with Crippen LogP contribution >= 0.6 is 0 Å². The zero-order chi connectivity index (χ0) is 26.8. The van der Waals surface area contributed by atoms with E-state index in [4.69, 9.17) is 4.98 Å². The minimum atomic E-state index is -0.0715. The molecule has 1 spiro atoms. The number of amides is 1. The van der Waals surface area contributed by atoms with Gasteiger partial charge in [-0.25, -0.2) is 9.97 Å². The third-order valence-electron chi connectivity index (χ3n) is 9.08. The number of nitrogens with zero attached hydrogens (tertiary/aromatic N) is 6. The molecule has 3 aromatic rings. The first-order valence-electron chi connectivity index (χ1n) is 15.1. The van der Waals surface area contributed by atoms with Gasteiger partial charge in [0.15, 0.2) is 0 Å². The second kappa shape index (κ2) is 11.1. The lowest BCUT2D eigenvalue weighted by Crippen LogP contribution is -2.50. The SMILES string of the molecule is CC.O=C1NCC2(CCCC2)n2c1cc1cnc(Nc3ccc(N4CCC(N5CCCCC5)CC4)cn3)nc12. The number of likely N-dealkylation sites (tertiary alicyclic amines) is 1. The summed E-state index contributed by atoms with van der Waals surface area (Å²) in [5, 5.41) is 7.29. The smallest absolute Gasteiger partial charge is 0.268 e. The van der Waals surface area contributed by atoms with Gasteiger partial charge in [-0.2, -0.15) is 4.98 Å². The molecule has 0 atom stereocenters. The number of hydrogen-bond acceptors (Lipinski definition) is 7. The van der Waals surface area contributed by atoms with E-state index in [1.165, 1.54) is 63.7 Å². The first-order valence-corrected chi connectivity index (χ1v) is 15.1. The largest absolute Gasteiger partial charge is 0.370 e. The van der Waals surface area contributed by atoms with Gasteiger partial charge in [0.25, 0.3) is 5.91 Å². The van der Waals surface area contributed by atoms with Crippen LogP contribution in [0.15, 0.2) is 30.6 Å². The highest BCUT2D eigenvalue weighted by atomic mass is 16.2. The molecule has 7 rings (SSSR count). The predicted octanol–water partition coefficient (Wildman–Crippen LogP) is 5.06. The zero-order valence-electron chi connectivity index (χ0n) is 23.5. The summed E-state index contributed by atoms with van der Waals surface area (Å²) in [6.07, 6.45) is 14.8. The molecule has 3 aromatic heterocycles. The third kappa shape index (κ3) is 4.97. The Morgan fingerprint density at radius 2 is 1.72 bits per heavy atom. The Bertz CT molecular complexity index is 1280. The molecule has 9 nitrogen and oxygen atoms in total. The number of pyridine rings is 1. The molecule has 3 fully saturated rings. The molecule has 0 radical (unpaired) electrons. The summed E-state index contributed by atoms with van der Waals surface area (Å²) in [4.78, 5) is 31.9. The third-order valence-corrected chi connectivity index (χ3v) is 9.08. The van der Waals surface area contributed by atoms with Crippen LogP contribution in [0.2, 0.25) is 0 Å². The lowest BCUT2D eigenvalue weighted by atomic mass is 9.94. The number of rotatable bonds is 4. The first kappa shape index (κ1) is 26.0. The molecule has 0 unspecified atom stereocenters. The van der Waals surface area contributed by atoms with E-state index in [0.717, 1.165) is 48.8 Å².